The Morgan fingerprint density at radius 3 is 2.50 bits per heavy atom. The minimum absolute atomic E-state index is 0.412. The van der Waals surface area contributed by atoms with Crippen LogP contribution in [-0.4, -0.2) is 19.9 Å². The number of aryl methyl sites for hydroxylation is 1. The average Bonchev–Trinajstić information content (AvgIpc) is 2.66. The molecule has 128 valence electrons. The van der Waals surface area contributed by atoms with Gasteiger partial charge in [-0.25, -0.2) is 15.0 Å². The fourth-order valence-electron chi connectivity index (χ4n) is 2.65. The van der Waals surface area contributed by atoms with E-state index in [4.69, 9.17) is 5.73 Å². The molecule has 4 N–H and O–H groups in total. The molecular formula is C19H17N7. The number of hydrogen-bond acceptors (Lipinski definition) is 7. The van der Waals surface area contributed by atoms with Crippen molar-refractivity contribution >= 4 is 39.7 Å². The van der Waals surface area contributed by atoms with Crippen LogP contribution in [-0.2, 0) is 0 Å². The molecule has 0 atom stereocenters. The maximum Gasteiger partial charge on any atom is 0.160 e. The molecule has 3 aromatic heterocycles. The standard InChI is InChI=1S/C19H17N7/c1-12-8-9-13-14(24-12)5-4-6-15(13)25-18-17(20)19(23-11-22-18)26-16-7-2-3-10-21-16/h2-11H,20H2,1H3,(H2,21,22,23,25,26). The minimum Gasteiger partial charge on any atom is -0.393 e. The lowest BCUT2D eigenvalue weighted by atomic mass is 10.1. The van der Waals surface area contributed by atoms with Gasteiger partial charge in [0.1, 0.15) is 17.8 Å². The zero-order chi connectivity index (χ0) is 17.9. The second-order valence-electron chi connectivity index (χ2n) is 5.77. The quantitative estimate of drug-likeness (QED) is 0.518. The van der Waals surface area contributed by atoms with Crippen molar-refractivity contribution in [1.29, 1.82) is 0 Å². The molecule has 0 spiro atoms. The molecule has 1 aromatic carbocycles. The molecule has 0 amide bonds. The summed E-state index contributed by atoms with van der Waals surface area (Å²) in [5.41, 5.74) is 9.43. The van der Waals surface area contributed by atoms with Gasteiger partial charge in [0.05, 0.1) is 5.52 Å². The molecule has 0 fully saturated rings. The average molecular weight is 343 g/mol. The molecule has 0 unspecified atom stereocenters. The normalized spacial score (nSPS) is 10.7. The van der Waals surface area contributed by atoms with Crippen molar-refractivity contribution in [2.75, 3.05) is 16.4 Å². The molecule has 0 aliphatic heterocycles. The number of anilines is 5. The predicted octanol–water partition coefficient (Wildman–Crippen LogP) is 3.80. The number of nitrogens with zero attached hydrogens (tertiary/aromatic N) is 4. The van der Waals surface area contributed by atoms with Crippen molar-refractivity contribution < 1.29 is 0 Å². The second-order valence-corrected chi connectivity index (χ2v) is 5.77. The van der Waals surface area contributed by atoms with E-state index in [1.54, 1.807) is 6.20 Å². The summed E-state index contributed by atoms with van der Waals surface area (Å²) < 4.78 is 0. The van der Waals surface area contributed by atoms with E-state index in [-0.39, 0.29) is 0 Å². The summed E-state index contributed by atoms with van der Waals surface area (Å²) in [7, 11) is 0. The SMILES string of the molecule is Cc1ccc2c(Nc3ncnc(Nc4ccccn4)c3N)cccc2n1. The first kappa shape index (κ1) is 15.8. The number of nitrogens with two attached hydrogens (primary N) is 1. The third kappa shape index (κ3) is 3.10. The number of hydrogen-bond donors (Lipinski definition) is 3. The number of pyridine rings is 2. The number of rotatable bonds is 4. The van der Waals surface area contributed by atoms with Crippen molar-refractivity contribution in [1.82, 2.24) is 19.9 Å². The van der Waals surface area contributed by atoms with Gasteiger partial charge >= 0.3 is 0 Å². The van der Waals surface area contributed by atoms with E-state index in [9.17, 15) is 0 Å². The molecule has 3 heterocycles. The topological polar surface area (TPSA) is 102 Å². The van der Waals surface area contributed by atoms with Gasteiger partial charge in [0.25, 0.3) is 0 Å². The van der Waals surface area contributed by atoms with E-state index < -0.39 is 0 Å². The van der Waals surface area contributed by atoms with Crippen LogP contribution in [0, 0.1) is 6.92 Å². The highest BCUT2D eigenvalue weighted by atomic mass is 15.1. The molecule has 7 heteroatoms. The maximum absolute atomic E-state index is 6.25. The summed E-state index contributed by atoms with van der Waals surface area (Å²) in [6, 6.07) is 15.5. The predicted molar refractivity (Wildman–Crippen MR) is 104 cm³/mol. The van der Waals surface area contributed by atoms with E-state index in [0.717, 1.165) is 22.3 Å². The van der Waals surface area contributed by atoms with Gasteiger partial charge in [0.15, 0.2) is 11.6 Å². The van der Waals surface area contributed by atoms with E-state index in [2.05, 4.69) is 30.6 Å². The molecular weight excluding hydrogens is 326 g/mol. The first-order chi connectivity index (χ1) is 12.7. The summed E-state index contributed by atoms with van der Waals surface area (Å²) in [6.45, 7) is 1.97. The highest BCUT2D eigenvalue weighted by molar-refractivity contribution is 5.94. The maximum atomic E-state index is 6.25. The van der Waals surface area contributed by atoms with Gasteiger partial charge in [-0.1, -0.05) is 12.1 Å². The smallest absolute Gasteiger partial charge is 0.160 e. The Kier molecular flexibility index (Phi) is 4.03. The van der Waals surface area contributed by atoms with Gasteiger partial charge in [0, 0.05) is 23.0 Å². The Morgan fingerprint density at radius 2 is 1.69 bits per heavy atom. The summed E-state index contributed by atoms with van der Waals surface area (Å²) in [5, 5.41) is 7.38. The molecule has 7 nitrogen and oxygen atoms in total. The Bertz CT molecular complexity index is 1060. The van der Waals surface area contributed by atoms with Crippen molar-refractivity contribution in [3.63, 3.8) is 0 Å². The van der Waals surface area contributed by atoms with E-state index in [1.807, 2.05) is 55.5 Å². The Balaban J connectivity index is 1.68. The van der Waals surface area contributed by atoms with Crippen LogP contribution in [0.1, 0.15) is 5.69 Å². The highest BCUT2D eigenvalue weighted by Crippen LogP contribution is 2.30. The van der Waals surface area contributed by atoms with Crippen LogP contribution >= 0.6 is 0 Å². The van der Waals surface area contributed by atoms with Crippen LogP contribution < -0.4 is 16.4 Å². The Hall–Kier alpha value is -3.74. The van der Waals surface area contributed by atoms with Gasteiger partial charge in [-0.15, -0.1) is 0 Å². The Morgan fingerprint density at radius 1 is 0.846 bits per heavy atom. The summed E-state index contributed by atoms with van der Waals surface area (Å²) in [4.78, 5) is 17.3. The van der Waals surface area contributed by atoms with Crippen LogP contribution in [0.25, 0.3) is 10.9 Å². The monoisotopic (exact) mass is 343 g/mol. The lowest BCUT2D eigenvalue weighted by Crippen LogP contribution is -2.06. The van der Waals surface area contributed by atoms with Crippen LogP contribution in [0.2, 0.25) is 0 Å². The zero-order valence-corrected chi connectivity index (χ0v) is 14.1. The van der Waals surface area contributed by atoms with Crippen molar-refractivity contribution in [2.45, 2.75) is 6.92 Å². The van der Waals surface area contributed by atoms with Gasteiger partial charge in [-0.2, -0.15) is 0 Å². The third-order valence-electron chi connectivity index (χ3n) is 3.92. The van der Waals surface area contributed by atoms with Gasteiger partial charge in [-0.3, -0.25) is 4.98 Å². The van der Waals surface area contributed by atoms with E-state index >= 15 is 0 Å². The molecule has 4 aromatic rings. The van der Waals surface area contributed by atoms with Gasteiger partial charge < -0.3 is 16.4 Å². The van der Waals surface area contributed by atoms with Crippen molar-refractivity contribution in [3.8, 4) is 0 Å². The van der Waals surface area contributed by atoms with Crippen LogP contribution in [0.4, 0.5) is 28.8 Å². The number of fused-ring (bicyclic) bond motifs is 1. The van der Waals surface area contributed by atoms with E-state index in [0.29, 0.717) is 23.1 Å². The fraction of sp³-hybridized carbons (Fsp3) is 0.0526. The highest BCUT2D eigenvalue weighted by Gasteiger charge is 2.11. The molecule has 26 heavy (non-hydrogen) atoms. The molecule has 0 saturated heterocycles. The van der Waals surface area contributed by atoms with Crippen LogP contribution in [0.5, 0.6) is 0 Å². The van der Waals surface area contributed by atoms with Gasteiger partial charge in [-0.05, 0) is 43.3 Å². The van der Waals surface area contributed by atoms with Gasteiger partial charge in [0.2, 0.25) is 0 Å². The van der Waals surface area contributed by atoms with Crippen LogP contribution in [0.15, 0.2) is 61.1 Å². The lowest BCUT2D eigenvalue weighted by molar-refractivity contribution is 1.16. The largest absolute Gasteiger partial charge is 0.393 e. The molecule has 0 aliphatic carbocycles. The van der Waals surface area contributed by atoms with Crippen molar-refractivity contribution in [2.24, 2.45) is 0 Å². The molecule has 0 aliphatic rings. The summed E-state index contributed by atoms with van der Waals surface area (Å²) in [6.07, 6.45) is 3.15. The number of benzene rings is 1. The van der Waals surface area contributed by atoms with Crippen LogP contribution in [0.3, 0.4) is 0 Å². The minimum atomic E-state index is 0.412. The molecule has 4 rings (SSSR count). The summed E-state index contributed by atoms with van der Waals surface area (Å²) >= 11 is 0. The molecule has 0 radical (unpaired) electrons. The molecule has 0 saturated carbocycles. The first-order valence-corrected chi connectivity index (χ1v) is 8.12. The second kappa shape index (κ2) is 6.64. The Labute approximate surface area is 150 Å². The van der Waals surface area contributed by atoms with Crippen molar-refractivity contribution in [3.05, 3.63) is 66.7 Å². The van der Waals surface area contributed by atoms with E-state index in [1.165, 1.54) is 6.33 Å². The molecule has 0 bridgehead atoms. The first-order valence-electron chi connectivity index (χ1n) is 8.12. The summed E-state index contributed by atoms with van der Waals surface area (Å²) in [5.74, 6) is 1.68. The number of nitrogen functional groups attached to an aromatic ring is 1. The number of aromatic nitrogens is 4. The number of nitrogens with one attached hydrogen (secondary N) is 2. The fourth-order valence-corrected chi connectivity index (χ4v) is 2.65. The third-order valence-corrected chi connectivity index (χ3v) is 3.92. The lowest BCUT2D eigenvalue weighted by Gasteiger charge is -2.13. The zero-order valence-electron chi connectivity index (χ0n) is 14.1.